The van der Waals surface area contributed by atoms with Gasteiger partial charge in [0.25, 0.3) is 0 Å². The van der Waals surface area contributed by atoms with E-state index in [4.69, 9.17) is 21.7 Å². The molecule has 0 radical (unpaired) electrons. The zero-order valence-electron chi connectivity index (χ0n) is 10.0. The Morgan fingerprint density at radius 2 is 2.17 bits per heavy atom. The van der Waals surface area contributed by atoms with Crippen molar-refractivity contribution in [3.8, 4) is 11.5 Å². The lowest BCUT2D eigenvalue weighted by molar-refractivity contribution is 0.0937. The maximum atomic E-state index is 5.79. The first-order valence-electron chi connectivity index (χ1n) is 5.80. The van der Waals surface area contributed by atoms with E-state index >= 15 is 0 Å². The normalized spacial score (nSPS) is 16.8. The SMILES string of the molecule is C=CCNC(=S)NC[C@H]1COc2ccccc2O1. The van der Waals surface area contributed by atoms with E-state index in [9.17, 15) is 0 Å². The van der Waals surface area contributed by atoms with Crippen LogP contribution in [0.1, 0.15) is 0 Å². The van der Waals surface area contributed by atoms with Crippen molar-refractivity contribution in [3.63, 3.8) is 0 Å². The average molecular weight is 264 g/mol. The average Bonchev–Trinajstić information content (AvgIpc) is 2.42. The lowest BCUT2D eigenvalue weighted by Gasteiger charge is -2.26. The summed E-state index contributed by atoms with van der Waals surface area (Å²) in [5, 5.41) is 6.68. The van der Waals surface area contributed by atoms with Crippen LogP contribution in [0.2, 0.25) is 0 Å². The molecule has 0 saturated carbocycles. The Balaban J connectivity index is 1.79. The first-order chi connectivity index (χ1) is 8.79. The molecule has 0 fully saturated rings. The number of hydrogen-bond acceptors (Lipinski definition) is 3. The zero-order valence-corrected chi connectivity index (χ0v) is 10.8. The Kier molecular flexibility index (Phi) is 4.41. The second-order valence-corrected chi connectivity index (χ2v) is 4.29. The van der Waals surface area contributed by atoms with E-state index in [-0.39, 0.29) is 6.10 Å². The van der Waals surface area contributed by atoms with Gasteiger partial charge in [-0.15, -0.1) is 6.58 Å². The van der Waals surface area contributed by atoms with Crippen molar-refractivity contribution >= 4 is 17.3 Å². The number of para-hydroxylation sites is 2. The lowest BCUT2D eigenvalue weighted by Crippen LogP contribution is -2.44. The number of rotatable bonds is 4. The highest BCUT2D eigenvalue weighted by Crippen LogP contribution is 2.30. The molecule has 0 saturated heterocycles. The molecular weight excluding hydrogens is 248 g/mol. The van der Waals surface area contributed by atoms with Crippen LogP contribution in [0.15, 0.2) is 36.9 Å². The number of nitrogens with one attached hydrogen (secondary N) is 2. The quantitative estimate of drug-likeness (QED) is 0.637. The number of hydrogen-bond donors (Lipinski definition) is 2. The second-order valence-electron chi connectivity index (χ2n) is 3.88. The van der Waals surface area contributed by atoms with Crippen LogP contribution in [-0.2, 0) is 0 Å². The van der Waals surface area contributed by atoms with Crippen molar-refractivity contribution in [2.75, 3.05) is 19.7 Å². The molecule has 0 bridgehead atoms. The van der Waals surface area contributed by atoms with Crippen molar-refractivity contribution in [2.24, 2.45) is 0 Å². The second kappa shape index (κ2) is 6.26. The van der Waals surface area contributed by atoms with Gasteiger partial charge in [-0.1, -0.05) is 18.2 Å². The van der Waals surface area contributed by atoms with Crippen LogP contribution >= 0.6 is 12.2 Å². The summed E-state index contributed by atoms with van der Waals surface area (Å²) in [4.78, 5) is 0. The monoisotopic (exact) mass is 264 g/mol. The molecule has 2 N–H and O–H groups in total. The smallest absolute Gasteiger partial charge is 0.166 e. The molecule has 5 heteroatoms. The van der Waals surface area contributed by atoms with E-state index in [2.05, 4.69) is 17.2 Å². The molecule has 96 valence electrons. The third-order valence-electron chi connectivity index (χ3n) is 2.46. The van der Waals surface area contributed by atoms with Gasteiger partial charge in [0.1, 0.15) is 12.7 Å². The molecule has 1 aliphatic rings. The van der Waals surface area contributed by atoms with Gasteiger partial charge in [0.15, 0.2) is 16.6 Å². The third kappa shape index (κ3) is 3.37. The lowest BCUT2D eigenvalue weighted by atomic mass is 10.2. The van der Waals surface area contributed by atoms with Gasteiger partial charge in [-0.3, -0.25) is 0 Å². The van der Waals surface area contributed by atoms with Gasteiger partial charge in [-0.05, 0) is 24.4 Å². The molecule has 2 rings (SSSR count). The van der Waals surface area contributed by atoms with Crippen LogP contribution in [0.4, 0.5) is 0 Å². The molecule has 0 spiro atoms. The predicted molar refractivity (Wildman–Crippen MR) is 75.2 cm³/mol. The Morgan fingerprint density at radius 1 is 1.39 bits per heavy atom. The molecule has 0 aromatic heterocycles. The Morgan fingerprint density at radius 3 is 2.94 bits per heavy atom. The van der Waals surface area contributed by atoms with Gasteiger partial charge >= 0.3 is 0 Å². The number of ether oxygens (including phenoxy) is 2. The summed E-state index contributed by atoms with van der Waals surface area (Å²) in [7, 11) is 0. The Labute approximate surface area is 112 Å². The summed E-state index contributed by atoms with van der Waals surface area (Å²) in [6.07, 6.45) is 1.72. The molecule has 0 unspecified atom stereocenters. The highest BCUT2D eigenvalue weighted by atomic mass is 32.1. The third-order valence-corrected chi connectivity index (χ3v) is 2.75. The van der Waals surface area contributed by atoms with E-state index in [0.29, 0.717) is 24.8 Å². The largest absolute Gasteiger partial charge is 0.486 e. The van der Waals surface area contributed by atoms with Gasteiger partial charge in [0.2, 0.25) is 0 Å². The molecule has 1 aliphatic heterocycles. The summed E-state index contributed by atoms with van der Waals surface area (Å²) < 4.78 is 11.4. The summed E-state index contributed by atoms with van der Waals surface area (Å²) in [6, 6.07) is 7.65. The van der Waals surface area contributed by atoms with Crippen LogP contribution in [-0.4, -0.2) is 30.9 Å². The van der Waals surface area contributed by atoms with Crippen molar-refractivity contribution < 1.29 is 9.47 Å². The number of fused-ring (bicyclic) bond motifs is 1. The van der Waals surface area contributed by atoms with E-state index in [1.54, 1.807) is 6.08 Å². The van der Waals surface area contributed by atoms with Gasteiger partial charge < -0.3 is 20.1 Å². The fraction of sp³-hybridized carbons (Fsp3) is 0.308. The zero-order chi connectivity index (χ0) is 12.8. The summed E-state index contributed by atoms with van der Waals surface area (Å²) in [5.74, 6) is 1.57. The molecule has 1 aromatic carbocycles. The number of thiocarbonyl (C=S) groups is 1. The van der Waals surface area contributed by atoms with Crippen molar-refractivity contribution in [1.82, 2.24) is 10.6 Å². The molecule has 18 heavy (non-hydrogen) atoms. The first-order valence-corrected chi connectivity index (χ1v) is 6.21. The van der Waals surface area contributed by atoms with Crippen molar-refractivity contribution in [3.05, 3.63) is 36.9 Å². The molecular formula is C13H16N2O2S. The molecule has 1 heterocycles. The summed E-state index contributed by atoms with van der Waals surface area (Å²) >= 11 is 5.10. The summed E-state index contributed by atoms with van der Waals surface area (Å²) in [5.41, 5.74) is 0. The van der Waals surface area contributed by atoms with E-state index in [1.165, 1.54) is 0 Å². The van der Waals surface area contributed by atoms with E-state index in [0.717, 1.165) is 11.5 Å². The van der Waals surface area contributed by atoms with Gasteiger partial charge in [0.05, 0.1) is 6.54 Å². The highest BCUT2D eigenvalue weighted by molar-refractivity contribution is 7.80. The molecule has 0 amide bonds. The van der Waals surface area contributed by atoms with E-state index < -0.39 is 0 Å². The van der Waals surface area contributed by atoms with Crippen LogP contribution in [0.5, 0.6) is 11.5 Å². The fourth-order valence-corrected chi connectivity index (χ4v) is 1.76. The maximum Gasteiger partial charge on any atom is 0.166 e. The first kappa shape index (κ1) is 12.7. The number of benzene rings is 1. The van der Waals surface area contributed by atoms with Gasteiger partial charge in [0, 0.05) is 6.54 Å². The molecule has 0 aliphatic carbocycles. The van der Waals surface area contributed by atoms with Crippen LogP contribution in [0, 0.1) is 0 Å². The highest BCUT2D eigenvalue weighted by Gasteiger charge is 2.20. The Hall–Kier alpha value is -1.75. The minimum absolute atomic E-state index is 0.0385. The maximum absolute atomic E-state index is 5.79. The van der Waals surface area contributed by atoms with Crippen LogP contribution in [0.3, 0.4) is 0 Å². The van der Waals surface area contributed by atoms with Crippen molar-refractivity contribution in [2.45, 2.75) is 6.10 Å². The van der Waals surface area contributed by atoms with Gasteiger partial charge in [-0.25, -0.2) is 0 Å². The molecule has 1 atom stereocenters. The van der Waals surface area contributed by atoms with E-state index in [1.807, 2.05) is 24.3 Å². The fourth-order valence-electron chi connectivity index (χ4n) is 1.60. The minimum Gasteiger partial charge on any atom is -0.486 e. The van der Waals surface area contributed by atoms with Crippen LogP contribution < -0.4 is 20.1 Å². The van der Waals surface area contributed by atoms with Crippen molar-refractivity contribution in [1.29, 1.82) is 0 Å². The molecule has 1 aromatic rings. The Bertz CT molecular complexity index is 437. The van der Waals surface area contributed by atoms with Gasteiger partial charge in [-0.2, -0.15) is 0 Å². The predicted octanol–water partition coefficient (Wildman–Crippen LogP) is 1.48. The van der Waals surface area contributed by atoms with Crippen LogP contribution in [0.25, 0.3) is 0 Å². The topological polar surface area (TPSA) is 42.5 Å². The molecule has 4 nitrogen and oxygen atoms in total. The summed E-state index contributed by atoms with van der Waals surface area (Å²) in [6.45, 7) is 5.39. The minimum atomic E-state index is -0.0385. The standard InChI is InChI=1S/C13H16N2O2S/c1-2-7-14-13(18)15-8-10-9-16-11-5-3-4-6-12(11)17-10/h2-6,10H,1,7-9H2,(H2,14,15,18)/t10-/m0/s1.